The first-order valence-electron chi connectivity index (χ1n) is 17.6. The van der Waals surface area contributed by atoms with Gasteiger partial charge in [-0.3, -0.25) is 0 Å². The Morgan fingerprint density at radius 3 is 1.70 bits per heavy atom. The molecular formula is C37H64O3. The van der Waals surface area contributed by atoms with Crippen LogP contribution in [0, 0.1) is 0 Å². The summed E-state index contributed by atoms with van der Waals surface area (Å²) in [6, 6.07) is 0. The second-order valence-electron chi connectivity index (χ2n) is 12.5. The number of unbranched alkanes of at least 4 members (excludes halogenated alkanes) is 18. The van der Waals surface area contributed by atoms with E-state index in [2.05, 4.69) is 31.2 Å². The average molecular weight is 557 g/mol. The molecule has 3 heteroatoms. The van der Waals surface area contributed by atoms with Crippen LogP contribution in [0.4, 0.5) is 0 Å². The number of epoxide rings is 1. The van der Waals surface area contributed by atoms with E-state index in [-0.39, 0.29) is 12.1 Å². The van der Waals surface area contributed by atoms with Gasteiger partial charge in [0.15, 0.2) is 0 Å². The molecule has 0 aromatic rings. The van der Waals surface area contributed by atoms with Crippen molar-refractivity contribution in [3.63, 3.8) is 0 Å². The van der Waals surface area contributed by atoms with Crippen molar-refractivity contribution in [3.8, 4) is 0 Å². The van der Waals surface area contributed by atoms with Crippen LogP contribution < -0.4 is 0 Å². The van der Waals surface area contributed by atoms with Gasteiger partial charge < -0.3 is 9.47 Å². The van der Waals surface area contributed by atoms with Gasteiger partial charge in [-0.25, -0.2) is 4.79 Å². The van der Waals surface area contributed by atoms with Crippen molar-refractivity contribution >= 4 is 5.97 Å². The number of carbonyl (C=O) groups excluding carboxylic acids is 1. The first-order valence-corrected chi connectivity index (χ1v) is 17.6. The minimum atomic E-state index is -0.0982. The van der Waals surface area contributed by atoms with Gasteiger partial charge in [0.2, 0.25) is 0 Å². The summed E-state index contributed by atoms with van der Waals surface area (Å²) < 4.78 is 11.1. The molecule has 0 N–H and O–H groups in total. The van der Waals surface area contributed by atoms with E-state index in [0.717, 1.165) is 18.4 Å². The van der Waals surface area contributed by atoms with Crippen molar-refractivity contribution in [2.75, 3.05) is 0 Å². The summed E-state index contributed by atoms with van der Waals surface area (Å²) in [4.78, 5) is 11.6. The molecule has 0 aromatic heterocycles. The Balaban J connectivity index is 1.25. The predicted octanol–water partition coefficient (Wildman–Crippen LogP) is 11.5. The first kappa shape index (κ1) is 34.8. The Kier molecular flexibility index (Phi) is 21.1. The molecule has 2 rings (SSSR count). The van der Waals surface area contributed by atoms with Crippen LogP contribution in [-0.2, 0) is 14.3 Å². The van der Waals surface area contributed by atoms with Crippen molar-refractivity contribution in [2.45, 2.75) is 193 Å². The zero-order valence-electron chi connectivity index (χ0n) is 26.5. The molecule has 2 heterocycles. The molecule has 2 aliphatic rings. The molecule has 2 aliphatic heterocycles. The molecule has 1 fully saturated rings. The second kappa shape index (κ2) is 24.3. The molecule has 0 spiro atoms. The SMILES string of the molecule is CCCCCCCCCCCCC=CCCC=CCCC1OC1CCCCCCCCCCC1=CC(C)OC1=O. The maximum atomic E-state index is 11.6. The molecule has 3 atom stereocenters. The quantitative estimate of drug-likeness (QED) is 0.0416. The van der Waals surface area contributed by atoms with E-state index in [4.69, 9.17) is 9.47 Å². The Morgan fingerprint density at radius 2 is 1.10 bits per heavy atom. The van der Waals surface area contributed by atoms with Crippen LogP contribution in [0.15, 0.2) is 36.0 Å². The molecule has 0 radical (unpaired) electrons. The molecule has 0 amide bonds. The Bertz CT molecular complexity index is 706. The van der Waals surface area contributed by atoms with E-state index in [1.807, 2.05) is 13.0 Å². The van der Waals surface area contributed by atoms with Gasteiger partial charge in [0, 0.05) is 5.57 Å². The summed E-state index contributed by atoms with van der Waals surface area (Å²) in [5, 5.41) is 0. The van der Waals surface area contributed by atoms with Crippen LogP contribution in [0.1, 0.15) is 174 Å². The van der Waals surface area contributed by atoms with Crippen molar-refractivity contribution in [1.29, 1.82) is 0 Å². The number of allylic oxidation sites excluding steroid dienone is 4. The molecule has 0 aliphatic carbocycles. The van der Waals surface area contributed by atoms with Gasteiger partial charge in [0.05, 0.1) is 12.2 Å². The van der Waals surface area contributed by atoms with Crippen LogP contribution in [0.2, 0.25) is 0 Å². The van der Waals surface area contributed by atoms with Crippen molar-refractivity contribution in [2.24, 2.45) is 0 Å². The van der Waals surface area contributed by atoms with Crippen molar-refractivity contribution < 1.29 is 14.3 Å². The average Bonchev–Trinajstić information content (AvgIpc) is 3.61. The van der Waals surface area contributed by atoms with E-state index in [1.165, 1.54) is 148 Å². The van der Waals surface area contributed by atoms with Crippen molar-refractivity contribution in [1.82, 2.24) is 0 Å². The summed E-state index contributed by atoms with van der Waals surface area (Å²) in [6.45, 7) is 4.22. The van der Waals surface area contributed by atoms with Gasteiger partial charge in [-0.2, -0.15) is 0 Å². The highest BCUT2D eigenvalue weighted by Crippen LogP contribution is 2.31. The Morgan fingerprint density at radius 1 is 0.600 bits per heavy atom. The Hall–Kier alpha value is -1.35. The maximum Gasteiger partial charge on any atom is 0.334 e. The summed E-state index contributed by atoms with van der Waals surface area (Å²) >= 11 is 0. The van der Waals surface area contributed by atoms with Crippen LogP contribution in [-0.4, -0.2) is 24.3 Å². The third-order valence-electron chi connectivity index (χ3n) is 8.54. The normalized spacial score (nSPS) is 20.6. The number of esters is 1. The van der Waals surface area contributed by atoms with Crippen LogP contribution in [0.25, 0.3) is 0 Å². The minimum absolute atomic E-state index is 0.0259. The van der Waals surface area contributed by atoms with Crippen LogP contribution in [0.3, 0.4) is 0 Å². The summed E-state index contributed by atoms with van der Waals surface area (Å²) in [7, 11) is 0. The maximum absolute atomic E-state index is 11.6. The highest BCUT2D eigenvalue weighted by atomic mass is 16.6. The van der Waals surface area contributed by atoms with Crippen LogP contribution in [0.5, 0.6) is 0 Å². The van der Waals surface area contributed by atoms with Gasteiger partial charge in [-0.1, -0.05) is 134 Å². The summed E-state index contributed by atoms with van der Waals surface area (Å²) in [5.74, 6) is -0.0982. The lowest BCUT2D eigenvalue weighted by Gasteiger charge is -2.02. The lowest BCUT2D eigenvalue weighted by Crippen LogP contribution is -2.03. The molecule has 3 nitrogen and oxygen atoms in total. The van der Waals surface area contributed by atoms with E-state index in [9.17, 15) is 4.79 Å². The summed E-state index contributed by atoms with van der Waals surface area (Å²) in [5.41, 5.74) is 0.891. The van der Waals surface area contributed by atoms with Gasteiger partial charge >= 0.3 is 5.97 Å². The van der Waals surface area contributed by atoms with Gasteiger partial charge in [-0.05, 0) is 70.8 Å². The zero-order valence-corrected chi connectivity index (χ0v) is 26.5. The number of ether oxygens (including phenoxy) is 2. The molecule has 3 unspecified atom stereocenters. The first-order chi connectivity index (χ1) is 19.7. The second-order valence-corrected chi connectivity index (χ2v) is 12.5. The highest BCUT2D eigenvalue weighted by Gasteiger charge is 2.36. The number of cyclic esters (lactones) is 1. The van der Waals surface area contributed by atoms with E-state index in [0.29, 0.717) is 12.2 Å². The standard InChI is InChI=1S/C37H64O3/c1-3-4-5-6-7-8-9-10-11-12-13-14-15-16-17-21-24-27-30-35-36(40-35)31-28-25-22-19-18-20-23-26-29-34-32-33(2)39-37(34)38/h14-15,21,24,32-33,35-36H,3-13,16-20,22-23,25-31H2,1-2H3. The third kappa shape index (κ3) is 18.9. The molecule has 230 valence electrons. The fourth-order valence-electron chi connectivity index (χ4n) is 5.90. The monoisotopic (exact) mass is 556 g/mol. The van der Waals surface area contributed by atoms with Crippen molar-refractivity contribution in [3.05, 3.63) is 36.0 Å². The van der Waals surface area contributed by atoms with Gasteiger partial charge in [-0.15, -0.1) is 0 Å². The van der Waals surface area contributed by atoms with Gasteiger partial charge in [0.25, 0.3) is 0 Å². The predicted molar refractivity (Wildman–Crippen MR) is 172 cm³/mol. The van der Waals surface area contributed by atoms with E-state index < -0.39 is 0 Å². The van der Waals surface area contributed by atoms with Crippen LogP contribution >= 0.6 is 0 Å². The molecule has 0 saturated carbocycles. The lowest BCUT2D eigenvalue weighted by atomic mass is 10.0. The third-order valence-corrected chi connectivity index (χ3v) is 8.54. The molecule has 1 saturated heterocycles. The molecule has 0 aromatic carbocycles. The largest absolute Gasteiger partial charge is 0.455 e. The number of hydrogen-bond donors (Lipinski definition) is 0. The fourth-order valence-corrected chi connectivity index (χ4v) is 5.90. The molecule has 0 bridgehead atoms. The molecule has 40 heavy (non-hydrogen) atoms. The smallest absolute Gasteiger partial charge is 0.334 e. The van der Waals surface area contributed by atoms with E-state index in [1.54, 1.807) is 0 Å². The highest BCUT2D eigenvalue weighted by molar-refractivity contribution is 5.90. The molecular weight excluding hydrogens is 492 g/mol. The lowest BCUT2D eigenvalue weighted by molar-refractivity contribution is -0.139. The topological polar surface area (TPSA) is 38.8 Å². The summed E-state index contributed by atoms with van der Waals surface area (Å²) in [6.07, 6.45) is 45.2. The van der Waals surface area contributed by atoms with E-state index >= 15 is 0 Å². The minimum Gasteiger partial charge on any atom is -0.455 e. The number of hydrogen-bond acceptors (Lipinski definition) is 3. The number of rotatable bonds is 28. The van der Waals surface area contributed by atoms with Gasteiger partial charge in [0.1, 0.15) is 6.10 Å². The number of carbonyl (C=O) groups is 1. The Labute approximate surface area is 248 Å². The zero-order chi connectivity index (χ0) is 28.5. The fraction of sp³-hybridized carbons (Fsp3) is 0.811.